The van der Waals surface area contributed by atoms with Crippen LogP contribution in [0.4, 0.5) is 5.82 Å². The van der Waals surface area contributed by atoms with Crippen molar-refractivity contribution < 1.29 is 14.5 Å². The van der Waals surface area contributed by atoms with Crippen LogP contribution in [0, 0.1) is 5.92 Å². The van der Waals surface area contributed by atoms with E-state index < -0.39 is 0 Å². The van der Waals surface area contributed by atoms with Gasteiger partial charge in [0.1, 0.15) is 5.56 Å². The van der Waals surface area contributed by atoms with E-state index in [1.54, 1.807) is 0 Å². The maximum absolute atomic E-state index is 12.5. The molecular weight excluding hydrogens is 278 g/mol. The zero-order chi connectivity index (χ0) is 15.4. The van der Waals surface area contributed by atoms with Gasteiger partial charge in [0.2, 0.25) is 0 Å². The maximum atomic E-state index is 12.5. The Hall–Kier alpha value is -1.62. The molecule has 2 N–H and O–H groups in total. The van der Waals surface area contributed by atoms with Gasteiger partial charge in [-0.2, -0.15) is 0 Å². The zero-order valence-electron chi connectivity index (χ0n) is 13.3. The van der Waals surface area contributed by atoms with Gasteiger partial charge in [-0.15, -0.1) is 0 Å². The topological polar surface area (TPSA) is 55.7 Å². The van der Waals surface area contributed by atoms with Crippen molar-refractivity contribution >= 4 is 11.7 Å². The number of aromatic nitrogens is 1. The molecule has 2 atom stereocenters. The van der Waals surface area contributed by atoms with Gasteiger partial charge in [0.15, 0.2) is 0 Å². The lowest BCUT2D eigenvalue weighted by molar-refractivity contribution is -0.364. The van der Waals surface area contributed by atoms with Crippen molar-refractivity contribution in [2.75, 3.05) is 31.1 Å². The summed E-state index contributed by atoms with van der Waals surface area (Å²) in [6.07, 6.45) is 6.65. The molecule has 5 nitrogen and oxygen atoms in total. The van der Waals surface area contributed by atoms with Crippen LogP contribution in [0.25, 0.3) is 0 Å². The van der Waals surface area contributed by atoms with Crippen molar-refractivity contribution in [3.63, 3.8) is 0 Å². The van der Waals surface area contributed by atoms with Crippen LogP contribution in [0.2, 0.25) is 0 Å². The Balaban J connectivity index is 1.68. The molecule has 0 spiro atoms. The SMILES string of the molecule is C[C@@H]1CCCN(c2[nH+]cccc2C(=O)NC[C@@H]2CCCO2)C1. The Morgan fingerprint density at radius 2 is 2.36 bits per heavy atom. The number of pyridine rings is 1. The number of anilines is 1. The molecule has 1 aromatic heterocycles. The second-order valence-corrected chi connectivity index (χ2v) is 6.47. The van der Waals surface area contributed by atoms with E-state index in [1.165, 1.54) is 12.8 Å². The summed E-state index contributed by atoms with van der Waals surface area (Å²) in [4.78, 5) is 18.1. The van der Waals surface area contributed by atoms with Crippen LogP contribution in [-0.4, -0.2) is 38.3 Å². The fourth-order valence-electron chi connectivity index (χ4n) is 3.37. The summed E-state index contributed by atoms with van der Waals surface area (Å²) in [5.41, 5.74) is 0.731. The van der Waals surface area contributed by atoms with Crippen molar-refractivity contribution in [2.45, 2.75) is 38.7 Å². The lowest BCUT2D eigenvalue weighted by Gasteiger charge is -2.26. The number of ether oxygens (including phenoxy) is 1. The predicted molar refractivity (Wildman–Crippen MR) is 84.9 cm³/mol. The molecule has 2 fully saturated rings. The van der Waals surface area contributed by atoms with Crippen LogP contribution in [0.3, 0.4) is 0 Å². The number of carbonyl (C=O) groups excluding carboxylic acids is 1. The monoisotopic (exact) mass is 304 g/mol. The van der Waals surface area contributed by atoms with E-state index in [2.05, 4.69) is 22.1 Å². The van der Waals surface area contributed by atoms with Gasteiger partial charge >= 0.3 is 0 Å². The van der Waals surface area contributed by atoms with E-state index >= 15 is 0 Å². The summed E-state index contributed by atoms with van der Waals surface area (Å²) in [6.45, 7) is 5.70. The predicted octanol–water partition coefficient (Wildman–Crippen LogP) is 1.65. The van der Waals surface area contributed by atoms with Crippen LogP contribution in [-0.2, 0) is 4.74 Å². The lowest BCUT2D eigenvalue weighted by atomic mass is 10.00. The van der Waals surface area contributed by atoms with Crippen LogP contribution < -0.4 is 15.2 Å². The molecule has 0 unspecified atom stereocenters. The summed E-state index contributed by atoms with van der Waals surface area (Å²) in [5, 5.41) is 3.02. The Morgan fingerprint density at radius 3 is 3.14 bits per heavy atom. The number of nitrogens with zero attached hydrogens (tertiary/aromatic N) is 1. The summed E-state index contributed by atoms with van der Waals surface area (Å²) < 4.78 is 5.57. The second-order valence-electron chi connectivity index (χ2n) is 6.47. The third-order valence-electron chi connectivity index (χ3n) is 4.57. The first kappa shape index (κ1) is 15.3. The molecule has 1 amide bonds. The standard InChI is InChI=1S/C17H25N3O2/c1-13-5-3-9-20(12-13)16-15(7-2-8-18-16)17(21)19-11-14-6-4-10-22-14/h2,7-8,13-14H,3-6,9-12H2,1H3,(H,19,21)/p+1/t13-,14+/m1/s1. The minimum atomic E-state index is -0.0134. The molecule has 3 heterocycles. The Morgan fingerprint density at radius 1 is 1.45 bits per heavy atom. The van der Waals surface area contributed by atoms with E-state index in [4.69, 9.17) is 4.74 Å². The van der Waals surface area contributed by atoms with Crippen molar-refractivity contribution in [3.8, 4) is 0 Å². The maximum Gasteiger partial charge on any atom is 0.287 e. The van der Waals surface area contributed by atoms with Gasteiger partial charge in [0.25, 0.3) is 11.7 Å². The molecule has 22 heavy (non-hydrogen) atoms. The fraction of sp³-hybridized carbons (Fsp3) is 0.647. The molecule has 2 aliphatic heterocycles. The first-order valence-electron chi connectivity index (χ1n) is 8.39. The Bertz CT molecular complexity index is 514. The molecule has 2 saturated heterocycles. The largest absolute Gasteiger partial charge is 0.376 e. The van der Waals surface area contributed by atoms with Crippen LogP contribution in [0.1, 0.15) is 43.0 Å². The Kier molecular flexibility index (Phi) is 4.93. The number of rotatable bonds is 4. The number of H-pyrrole nitrogens is 1. The normalized spacial score (nSPS) is 25.2. The van der Waals surface area contributed by atoms with Gasteiger partial charge in [0.05, 0.1) is 25.4 Å². The number of hydrogen-bond donors (Lipinski definition) is 1. The molecule has 3 rings (SSSR count). The molecule has 0 radical (unpaired) electrons. The average molecular weight is 304 g/mol. The highest BCUT2D eigenvalue weighted by atomic mass is 16.5. The third-order valence-corrected chi connectivity index (χ3v) is 4.57. The summed E-state index contributed by atoms with van der Waals surface area (Å²) in [6, 6.07) is 3.79. The van der Waals surface area contributed by atoms with Gasteiger partial charge in [-0.3, -0.25) is 9.69 Å². The number of hydrogen-bond acceptors (Lipinski definition) is 3. The summed E-state index contributed by atoms with van der Waals surface area (Å²) >= 11 is 0. The summed E-state index contributed by atoms with van der Waals surface area (Å²) in [5.74, 6) is 1.60. The van der Waals surface area contributed by atoms with Crippen molar-refractivity contribution in [2.24, 2.45) is 5.92 Å². The highest BCUT2D eigenvalue weighted by Gasteiger charge is 2.28. The molecule has 0 aliphatic carbocycles. The smallest absolute Gasteiger partial charge is 0.287 e. The molecule has 0 aromatic carbocycles. The van der Waals surface area contributed by atoms with Gasteiger partial charge in [0, 0.05) is 13.2 Å². The number of carbonyl (C=O) groups is 1. The van der Waals surface area contributed by atoms with E-state index in [1.807, 2.05) is 18.3 Å². The van der Waals surface area contributed by atoms with Crippen molar-refractivity contribution in [1.29, 1.82) is 0 Å². The quantitative estimate of drug-likeness (QED) is 0.920. The number of piperidine rings is 1. The lowest BCUT2D eigenvalue weighted by Crippen LogP contribution is -2.40. The number of amides is 1. The summed E-state index contributed by atoms with van der Waals surface area (Å²) in [7, 11) is 0. The van der Waals surface area contributed by atoms with Gasteiger partial charge < -0.3 is 10.1 Å². The average Bonchev–Trinajstić information content (AvgIpc) is 3.06. The van der Waals surface area contributed by atoms with Crippen LogP contribution in [0.15, 0.2) is 18.3 Å². The van der Waals surface area contributed by atoms with Gasteiger partial charge in [-0.05, 0) is 43.7 Å². The van der Waals surface area contributed by atoms with Gasteiger partial charge in [-0.25, -0.2) is 4.98 Å². The first-order valence-corrected chi connectivity index (χ1v) is 8.39. The number of nitrogens with one attached hydrogen (secondary N) is 2. The molecule has 1 aromatic rings. The second kappa shape index (κ2) is 7.09. The van der Waals surface area contributed by atoms with E-state index in [0.29, 0.717) is 12.5 Å². The van der Waals surface area contributed by atoms with Crippen LogP contribution >= 0.6 is 0 Å². The first-order chi connectivity index (χ1) is 10.7. The van der Waals surface area contributed by atoms with E-state index in [-0.39, 0.29) is 12.0 Å². The molecular formula is C17H26N3O2+. The van der Waals surface area contributed by atoms with E-state index in [9.17, 15) is 4.79 Å². The fourth-order valence-corrected chi connectivity index (χ4v) is 3.37. The highest BCUT2D eigenvalue weighted by Crippen LogP contribution is 2.22. The van der Waals surface area contributed by atoms with Crippen LogP contribution in [0.5, 0.6) is 0 Å². The molecule has 0 bridgehead atoms. The third kappa shape index (κ3) is 3.58. The van der Waals surface area contributed by atoms with E-state index in [0.717, 1.165) is 43.9 Å². The molecule has 0 saturated carbocycles. The highest BCUT2D eigenvalue weighted by molar-refractivity contribution is 5.98. The molecule has 120 valence electrons. The van der Waals surface area contributed by atoms with Crippen molar-refractivity contribution in [3.05, 3.63) is 23.9 Å². The minimum Gasteiger partial charge on any atom is -0.376 e. The number of aromatic amines is 1. The minimum absolute atomic E-state index is 0.0134. The molecule has 5 heteroatoms. The Labute approximate surface area is 132 Å². The van der Waals surface area contributed by atoms with Gasteiger partial charge in [-0.1, -0.05) is 6.92 Å². The molecule has 2 aliphatic rings. The van der Waals surface area contributed by atoms with Crippen molar-refractivity contribution in [1.82, 2.24) is 5.32 Å². The zero-order valence-corrected chi connectivity index (χ0v) is 13.3.